The van der Waals surface area contributed by atoms with Gasteiger partial charge in [0.1, 0.15) is 12.2 Å². The van der Waals surface area contributed by atoms with E-state index < -0.39 is 0 Å². The lowest BCUT2D eigenvalue weighted by atomic mass is 10.2. The fourth-order valence-corrected chi connectivity index (χ4v) is 1.78. The molecule has 6 heteroatoms. The summed E-state index contributed by atoms with van der Waals surface area (Å²) in [4.78, 5) is 29.1. The van der Waals surface area contributed by atoms with Crippen LogP contribution in [-0.4, -0.2) is 43.6 Å². The van der Waals surface area contributed by atoms with Crippen LogP contribution in [0.2, 0.25) is 0 Å². The van der Waals surface area contributed by atoms with Gasteiger partial charge in [0.25, 0.3) is 5.91 Å². The van der Waals surface area contributed by atoms with Crippen molar-refractivity contribution >= 4 is 17.6 Å². The highest BCUT2D eigenvalue weighted by atomic mass is 16.5. The standard InChI is InChI=1S/C14H21N3O3/c1-4-8-17(10-13(18)20-3)11-6-7-16-12(9-11)14(19)15-5-2/h6-7,9H,4-5,8,10H2,1-3H3,(H,15,19). The molecule has 1 aromatic heterocycles. The van der Waals surface area contributed by atoms with Crippen molar-refractivity contribution in [3.05, 3.63) is 24.0 Å². The molecule has 0 aromatic carbocycles. The molecule has 0 aliphatic carbocycles. The molecule has 0 atom stereocenters. The Balaban J connectivity index is 2.93. The van der Waals surface area contributed by atoms with Crippen molar-refractivity contribution < 1.29 is 14.3 Å². The highest BCUT2D eigenvalue weighted by molar-refractivity contribution is 5.93. The van der Waals surface area contributed by atoms with Crippen LogP contribution in [0.15, 0.2) is 18.3 Å². The summed E-state index contributed by atoms with van der Waals surface area (Å²) in [5.41, 5.74) is 1.13. The smallest absolute Gasteiger partial charge is 0.325 e. The van der Waals surface area contributed by atoms with Gasteiger partial charge in [0, 0.05) is 25.0 Å². The molecule has 0 aliphatic rings. The molecule has 1 aromatic rings. The number of amides is 1. The summed E-state index contributed by atoms with van der Waals surface area (Å²) in [6.07, 6.45) is 2.45. The van der Waals surface area contributed by atoms with Gasteiger partial charge in [-0.2, -0.15) is 0 Å². The Hall–Kier alpha value is -2.11. The van der Waals surface area contributed by atoms with E-state index in [0.717, 1.165) is 12.1 Å². The number of carbonyl (C=O) groups is 2. The molecule has 1 amide bonds. The number of nitrogens with one attached hydrogen (secondary N) is 1. The highest BCUT2D eigenvalue weighted by Crippen LogP contribution is 2.15. The second-order valence-corrected chi connectivity index (χ2v) is 4.26. The van der Waals surface area contributed by atoms with E-state index in [1.165, 1.54) is 7.11 Å². The summed E-state index contributed by atoms with van der Waals surface area (Å²) in [5, 5.41) is 2.70. The van der Waals surface area contributed by atoms with Crippen molar-refractivity contribution in [3.8, 4) is 0 Å². The van der Waals surface area contributed by atoms with Crippen LogP contribution in [0.4, 0.5) is 5.69 Å². The van der Waals surface area contributed by atoms with E-state index in [4.69, 9.17) is 0 Å². The van der Waals surface area contributed by atoms with Gasteiger partial charge in [-0.05, 0) is 25.5 Å². The number of ether oxygens (including phenoxy) is 1. The number of methoxy groups -OCH3 is 1. The van der Waals surface area contributed by atoms with Crippen molar-refractivity contribution in [3.63, 3.8) is 0 Å². The summed E-state index contributed by atoms with van der Waals surface area (Å²) >= 11 is 0. The first-order chi connectivity index (χ1) is 9.62. The third-order valence-corrected chi connectivity index (χ3v) is 2.72. The molecule has 0 aliphatic heterocycles. The van der Waals surface area contributed by atoms with Crippen LogP contribution < -0.4 is 10.2 Å². The number of hydrogen-bond donors (Lipinski definition) is 1. The molecule has 20 heavy (non-hydrogen) atoms. The van der Waals surface area contributed by atoms with Gasteiger partial charge in [-0.3, -0.25) is 14.6 Å². The van der Waals surface area contributed by atoms with Crippen LogP contribution in [0.5, 0.6) is 0 Å². The lowest BCUT2D eigenvalue weighted by molar-refractivity contribution is -0.138. The predicted octanol–water partition coefficient (Wildman–Crippen LogP) is 1.22. The zero-order valence-electron chi connectivity index (χ0n) is 12.2. The SMILES string of the molecule is CCCN(CC(=O)OC)c1ccnc(C(=O)NCC)c1. The first-order valence-electron chi connectivity index (χ1n) is 6.68. The fourth-order valence-electron chi connectivity index (χ4n) is 1.78. The molecule has 0 bridgehead atoms. The van der Waals surface area contributed by atoms with Gasteiger partial charge in [0.2, 0.25) is 0 Å². The van der Waals surface area contributed by atoms with Crippen molar-refractivity contribution in [1.82, 2.24) is 10.3 Å². The minimum Gasteiger partial charge on any atom is -0.468 e. The zero-order valence-corrected chi connectivity index (χ0v) is 12.2. The maximum atomic E-state index is 11.8. The maximum absolute atomic E-state index is 11.8. The molecule has 0 spiro atoms. The number of esters is 1. The van der Waals surface area contributed by atoms with Crippen molar-refractivity contribution in [1.29, 1.82) is 0 Å². The summed E-state index contributed by atoms with van der Waals surface area (Å²) in [7, 11) is 1.36. The third kappa shape index (κ3) is 4.53. The lowest BCUT2D eigenvalue weighted by Crippen LogP contribution is -2.32. The van der Waals surface area contributed by atoms with E-state index in [-0.39, 0.29) is 18.4 Å². The Morgan fingerprint density at radius 3 is 2.75 bits per heavy atom. The summed E-state index contributed by atoms with van der Waals surface area (Å²) in [5.74, 6) is -0.529. The number of pyridine rings is 1. The molecular formula is C14H21N3O3. The summed E-state index contributed by atoms with van der Waals surface area (Å²) in [6, 6.07) is 3.46. The molecule has 1 N–H and O–H groups in total. The van der Waals surface area contributed by atoms with E-state index in [9.17, 15) is 9.59 Å². The van der Waals surface area contributed by atoms with Crippen molar-refractivity contribution in [2.75, 3.05) is 31.6 Å². The molecular weight excluding hydrogens is 258 g/mol. The molecule has 0 fully saturated rings. The average molecular weight is 279 g/mol. The Kier molecular flexibility index (Phi) is 6.49. The van der Waals surface area contributed by atoms with Crippen molar-refractivity contribution in [2.45, 2.75) is 20.3 Å². The van der Waals surface area contributed by atoms with E-state index in [1.54, 1.807) is 18.3 Å². The quantitative estimate of drug-likeness (QED) is 0.760. The second kappa shape index (κ2) is 8.14. The number of carbonyl (C=O) groups excluding carboxylic acids is 2. The molecule has 0 unspecified atom stereocenters. The van der Waals surface area contributed by atoms with Crippen LogP contribution in [0, 0.1) is 0 Å². The number of rotatable bonds is 7. The minimum atomic E-state index is -0.310. The van der Waals surface area contributed by atoms with Crippen LogP contribution in [0.3, 0.4) is 0 Å². The van der Waals surface area contributed by atoms with Gasteiger partial charge in [-0.15, -0.1) is 0 Å². The normalized spacial score (nSPS) is 9.95. The van der Waals surface area contributed by atoms with Gasteiger partial charge < -0.3 is 15.0 Å². The zero-order chi connectivity index (χ0) is 15.0. The van der Waals surface area contributed by atoms with E-state index >= 15 is 0 Å². The average Bonchev–Trinajstić information content (AvgIpc) is 2.47. The van der Waals surface area contributed by atoms with Crippen LogP contribution in [0.1, 0.15) is 30.8 Å². The number of anilines is 1. The van der Waals surface area contributed by atoms with Gasteiger partial charge in [-0.25, -0.2) is 0 Å². The molecule has 0 saturated heterocycles. The maximum Gasteiger partial charge on any atom is 0.325 e. The summed E-state index contributed by atoms with van der Waals surface area (Å²) < 4.78 is 4.69. The first-order valence-corrected chi connectivity index (χ1v) is 6.68. The first kappa shape index (κ1) is 15.9. The minimum absolute atomic E-state index is 0.156. The van der Waals surface area contributed by atoms with Gasteiger partial charge in [0.15, 0.2) is 0 Å². The Morgan fingerprint density at radius 2 is 2.15 bits per heavy atom. The molecule has 0 saturated carbocycles. The molecule has 1 rings (SSSR count). The van der Waals surface area contributed by atoms with Crippen molar-refractivity contribution in [2.24, 2.45) is 0 Å². The number of hydrogen-bond acceptors (Lipinski definition) is 5. The fraction of sp³-hybridized carbons (Fsp3) is 0.500. The molecule has 0 radical (unpaired) electrons. The monoisotopic (exact) mass is 279 g/mol. The van der Waals surface area contributed by atoms with Gasteiger partial charge in [-0.1, -0.05) is 6.92 Å². The van der Waals surface area contributed by atoms with Gasteiger partial charge in [0.05, 0.1) is 7.11 Å². The number of aromatic nitrogens is 1. The van der Waals surface area contributed by atoms with E-state index in [0.29, 0.717) is 18.8 Å². The topological polar surface area (TPSA) is 71.5 Å². The largest absolute Gasteiger partial charge is 0.468 e. The predicted molar refractivity (Wildman–Crippen MR) is 76.8 cm³/mol. The van der Waals surface area contributed by atoms with Crippen LogP contribution >= 0.6 is 0 Å². The molecule has 110 valence electrons. The Labute approximate surface area is 119 Å². The van der Waals surface area contributed by atoms with E-state index in [2.05, 4.69) is 15.0 Å². The number of nitrogens with zero attached hydrogens (tertiary/aromatic N) is 2. The second-order valence-electron chi connectivity index (χ2n) is 4.26. The van der Waals surface area contributed by atoms with E-state index in [1.807, 2.05) is 18.7 Å². The summed E-state index contributed by atoms with van der Waals surface area (Å²) in [6.45, 7) is 5.28. The highest BCUT2D eigenvalue weighted by Gasteiger charge is 2.14. The lowest BCUT2D eigenvalue weighted by Gasteiger charge is -2.23. The third-order valence-electron chi connectivity index (χ3n) is 2.72. The van der Waals surface area contributed by atoms with Crippen LogP contribution in [0.25, 0.3) is 0 Å². The van der Waals surface area contributed by atoms with Gasteiger partial charge >= 0.3 is 5.97 Å². The van der Waals surface area contributed by atoms with Crippen LogP contribution in [-0.2, 0) is 9.53 Å². The Bertz CT molecular complexity index is 463. The molecule has 1 heterocycles. The Morgan fingerprint density at radius 1 is 1.40 bits per heavy atom. The molecule has 6 nitrogen and oxygen atoms in total.